The fourth-order valence-electron chi connectivity index (χ4n) is 3.24. The summed E-state index contributed by atoms with van der Waals surface area (Å²) < 4.78 is 44.7. The zero-order valence-electron chi connectivity index (χ0n) is 15.9. The van der Waals surface area contributed by atoms with Crippen molar-refractivity contribution in [2.45, 2.75) is 19.1 Å². The first-order chi connectivity index (χ1) is 14.2. The smallest absolute Gasteiger partial charge is 0.421 e. The second-order valence-corrected chi connectivity index (χ2v) is 6.54. The largest absolute Gasteiger partial charge is 0.450 e. The molecule has 1 amide bonds. The number of H-pyrrole nitrogens is 1. The molecule has 0 radical (unpaired) electrons. The number of amides is 1. The van der Waals surface area contributed by atoms with Crippen LogP contribution in [-0.4, -0.2) is 47.2 Å². The number of pyridine rings is 2. The molecule has 1 atom stereocenters. The van der Waals surface area contributed by atoms with Crippen molar-refractivity contribution in [1.29, 1.82) is 5.26 Å². The van der Waals surface area contributed by atoms with Gasteiger partial charge in [0.1, 0.15) is 17.5 Å². The molecule has 1 aliphatic heterocycles. The van der Waals surface area contributed by atoms with Gasteiger partial charge in [-0.2, -0.15) is 18.4 Å². The van der Waals surface area contributed by atoms with Crippen LogP contribution in [0.25, 0.3) is 0 Å². The molecule has 3 rings (SSSR count). The zero-order chi connectivity index (χ0) is 21.9. The van der Waals surface area contributed by atoms with Crippen molar-refractivity contribution >= 4 is 11.9 Å². The van der Waals surface area contributed by atoms with E-state index in [9.17, 15) is 22.8 Å². The molecule has 30 heavy (non-hydrogen) atoms. The fourth-order valence-corrected chi connectivity index (χ4v) is 3.24. The molecule has 1 unspecified atom stereocenters. The van der Waals surface area contributed by atoms with E-state index in [-0.39, 0.29) is 25.3 Å². The number of rotatable bonds is 3. The average molecular weight is 421 g/mol. The topological polar surface area (TPSA) is 102 Å². The van der Waals surface area contributed by atoms with Crippen molar-refractivity contribution < 1.29 is 22.7 Å². The van der Waals surface area contributed by atoms with Gasteiger partial charge in [-0.1, -0.05) is 0 Å². The molecule has 11 heteroatoms. The monoisotopic (exact) mass is 421 g/mol. The Bertz CT molecular complexity index is 1010. The minimum atomic E-state index is -4.83. The molecule has 2 aromatic heterocycles. The Morgan fingerprint density at radius 2 is 2.17 bits per heavy atom. The number of nitrogens with zero attached hydrogens (tertiary/aromatic N) is 4. The number of carbonyl (C=O) groups excluding carboxylic acids is 1. The third-order valence-corrected chi connectivity index (χ3v) is 4.70. The van der Waals surface area contributed by atoms with Crippen LogP contribution in [0.3, 0.4) is 0 Å². The molecule has 1 N–H and O–H groups in total. The second kappa shape index (κ2) is 8.44. The number of aromatic amines is 1. The van der Waals surface area contributed by atoms with Gasteiger partial charge in [0.15, 0.2) is 0 Å². The molecule has 0 bridgehead atoms. The van der Waals surface area contributed by atoms with E-state index in [0.717, 1.165) is 6.07 Å². The number of piperazine rings is 1. The van der Waals surface area contributed by atoms with Crippen LogP contribution in [0.15, 0.2) is 35.4 Å². The maximum Gasteiger partial charge on any atom is 0.421 e. The molecule has 158 valence electrons. The number of ether oxygens (including phenoxy) is 1. The van der Waals surface area contributed by atoms with Crippen LogP contribution in [0.5, 0.6) is 0 Å². The highest BCUT2D eigenvalue weighted by Gasteiger charge is 2.37. The lowest BCUT2D eigenvalue weighted by atomic mass is 10.0. The zero-order valence-corrected chi connectivity index (χ0v) is 15.9. The van der Waals surface area contributed by atoms with Gasteiger partial charge in [0.2, 0.25) is 0 Å². The third-order valence-electron chi connectivity index (χ3n) is 4.70. The molecule has 0 aliphatic carbocycles. The number of hydrogen-bond donors (Lipinski definition) is 1. The molecule has 8 nitrogen and oxygen atoms in total. The highest BCUT2D eigenvalue weighted by molar-refractivity contribution is 5.69. The lowest BCUT2D eigenvalue weighted by Crippen LogP contribution is -2.51. The number of aromatic nitrogens is 2. The standard InChI is InChI=1S/C19H18F3N5O3/c1-2-30-18(29)27-6-5-26(16-4-3-12(8-23)9-24-16)11-15(27)13-7-14(19(20,21)22)17(28)25-10-13/h3-4,7,9-10,15H,2,5-6,11H2,1H3,(H,25,28). The van der Waals surface area contributed by atoms with E-state index in [1.165, 1.54) is 17.3 Å². The van der Waals surface area contributed by atoms with Crippen molar-refractivity contribution in [3.8, 4) is 6.07 Å². The van der Waals surface area contributed by atoms with Crippen molar-refractivity contribution in [2.75, 3.05) is 31.1 Å². The minimum absolute atomic E-state index is 0.113. The van der Waals surface area contributed by atoms with Gasteiger partial charge in [0.25, 0.3) is 5.56 Å². The number of hydrogen-bond acceptors (Lipinski definition) is 6. The molecule has 0 spiro atoms. The number of alkyl halides is 3. The van der Waals surface area contributed by atoms with Crippen LogP contribution in [-0.2, 0) is 10.9 Å². The van der Waals surface area contributed by atoms with Gasteiger partial charge in [-0.15, -0.1) is 0 Å². The molecule has 2 aromatic rings. The van der Waals surface area contributed by atoms with Crippen molar-refractivity contribution in [1.82, 2.24) is 14.9 Å². The third kappa shape index (κ3) is 4.37. The summed E-state index contributed by atoms with van der Waals surface area (Å²) in [7, 11) is 0. The van der Waals surface area contributed by atoms with E-state index in [1.807, 2.05) is 6.07 Å². The molecule has 3 heterocycles. The molecular formula is C19H18F3N5O3. The summed E-state index contributed by atoms with van der Waals surface area (Å²) in [5, 5.41) is 8.91. The van der Waals surface area contributed by atoms with E-state index < -0.39 is 29.4 Å². The van der Waals surface area contributed by atoms with Crippen LogP contribution in [0.1, 0.15) is 29.7 Å². The number of nitriles is 1. The normalized spacial score (nSPS) is 16.8. The van der Waals surface area contributed by atoms with Gasteiger partial charge >= 0.3 is 12.3 Å². The molecule has 0 aromatic carbocycles. The summed E-state index contributed by atoms with van der Waals surface area (Å²) in [6, 6.07) is 5.12. The quantitative estimate of drug-likeness (QED) is 0.818. The number of halogens is 3. The first-order valence-corrected chi connectivity index (χ1v) is 9.09. The highest BCUT2D eigenvalue weighted by atomic mass is 19.4. The summed E-state index contributed by atoms with van der Waals surface area (Å²) in [5.74, 6) is 0.517. The van der Waals surface area contributed by atoms with E-state index in [2.05, 4.69) is 9.97 Å². The first kappa shape index (κ1) is 21.2. The van der Waals surface area contributed by atoms with Crippen LogP contribution < -0.4 is 10.5 Å². The SMILES string of the molecule is CCOC(=O)N1CCN(c2ccc(C#N)cn2)CC1c1c[nH]c(=O)c(C(F)(F)F)c1. The Balaban J connectivity index is 1.97. The maximum atomic E-state index is 13.2. The van der Waals surface area contributed by atoms with Gasteiger partial charge in [-0.05, 0) is 30.7 Å². The van der Waals surface area contributed by atoms with Crippen LogP contribution in [0, 0.1) is 11.3 Å². The summed E-state index contributed by atoms with van der Waals surface area (Å²) in [6.07, 6.45) is -2.93. The van der Waals surface area contributed by atoms with Crippen molar-refractivity contribution in [3.63, 3.8) is 0 Å². The van der Waals surface area contributed by atoms with Crippen LogP contribution >= 0.6 is 0 Å². The maximum absolute atomic E-state index is 13.2. The predicted octanol–water partition coefficient (Wildman–Crippen LogP) is 2.68. The van der Waals surface area contributed by atoms with Gasteiger partial charge < -0.3 is 14.6 Å². The predicted molar refractivity (Wildman–Crippen MR) is 99.7 cm³/mol. The van der Waals surface area contributed by atoms with E-state index in [1.54, 1.807) is 24.0 Å². The number of anilines is 1. The number of nitrogens with one attached hydrogen (secondary N) is 1. The lowest BCUT2D eigenvalue weighted by Gasteiger charge is -2.41. The van der Waals surface area contributed by atoms with E-state index >= 15 is 0 Å². The van der Waals surface area contributed by atoms with Gasteiger partial charge in [-0.25, -0.2) is 9.78 Å². The minimum Gasteiger partial charge on any atom is -0.450 e. The first-order valence-electron chi connectivity index (χ1n) is 9.09. The van der Waals surface area contributed by atoms with Crippen molar-refractivity contribution in [2.24, 2.45) is 0 Å². The Morgan fingerprint density at radius 3 is 2.77 bits per heavy atom. The summed E-state index contributed by atoms with van der Waals surface area (Å²) in [5.41, 5.74) is -2.10. The summed E-state index contributed by atoms with van der Waals surface area (Å²) in [4.78, 5) is 33.5. The molecule has 1 aliphatic rings. The fraction of sp³-hybridized carbons (Fsp3) is 0.368. The van der Waals surface area contributed by atoms with Gasteiger partial charge in [0.05, 0.1) is 18.2 Å². The lowest BCUT2D eigenvalue weighted by molar-refractivity contribution is -0.138. The Kier molecular flexibility index (Phi) is 5.96. The van der Waals surface area contributed by atoms with E-state index in [4.69, 9.17) is 10.00 Å². The molecule has 1 saturated heterocycles. The van der Waals surface area contributed by atoms with E-state index in [0.29, 0.717) is 17.9 Å². The van der Waals surface area contributed by atoms with Crippen molar-refractivity contribution in [3.05, 3.63) is 57.6 Å². The second-order valence-electron chi connectivity index (χ2n) is 6.54. The Morgan fingerprint density at radius 1 is 1.40 bits per heavy atom. The summed E-state index contributed by atoms with van der Waals surface area (Å²) >= 11 is 0. The summed E-state index contributed by atoms with van der Waals surface area (Å²) in [6.45, 7) is 2.41. The Hall–Kier alpha value is -3.55. The molecule has 0 saturated carbocycles. The molecular weight excluding hydrogens is 403 g/mol. The Labute approximate surface area is 169 Å². The molecule has 1 fully saturated rings. The average Bonchev–Trinajstić information content (AvgIpc) is 2.73. The number of carbonyl (C=O) groups is 1. The van der Waals surface area contributed by atoms with Gasteiger partial charge in [-0.3, -0.25) is 9.69 Å². The van der Waals surface area contributed by atoms with Crippen LogP contribution in [0.4, 0.5) is 23.8 Å². The highest BCUT2D eigenvalue weighted by Crippen LogP contribution is 2.32. The van der Waals surface area contributed by atoms with Crippen LogP contribution in [0.2, 0.25) is 0 Å². The van der Waals surface area contributed by atoms with Gasteiger partial charge in [0, 0.05) is 32.0 Å².